The van der Waals surface area contributed by atoms with E-state index >= 15 is 0 Å². The van der Waals surface area contributed by atoms with E-state index in [0.717, 1.165) is 23.0 Å². The summed E-state index contributed by atoms with van der Waals surface area (Å²) in [5.74, 6) is 2.84. The summed E-state index contributed by atoms with van der Waals surface area (Å²) in [5.41, 5.74) is 0.862. The summed E-state index contributed by atoms with van der Waals surface area (Å²) in [4.78, 5) is 8.63. The fourth-order valence-corrected chi connectivity index (χ4v) is 2.05. The number of anilines is 3. The molecule has 0 amide bonds. The summed E-state index contributed by atoms with van der Waals surface area (Å²) < 4.78 is 11.1. The zero-order valence-corrected chi connectivity index (χ0v) is 12.1. The van der Waals surface area contributed by atoms with Crippen molar-refractivity contribution in [3.8, 4) is 11.5 Å². The number of ether oxygens (including phenoxy) is 2. The zero-order valence-electron chi connectivity index (χ0n) is 12.1. The lowest BCUT2D eigenvalue weighted by Gasteiger charge is -2.19. The van der Waals surface area contributed by atoms with Gasteiger partial charge in [0.1, 0.15) is 19.0 Å². The molecule has 1 aromatic carbocycles. The van der Waals surface area contributed by atoms with Gasteiger partial charge >= 0.3 is 0 Å². The number of benzene rings is 1. The maximum absolute atomic E-state index is 5.56. The van der Waals surface area contributed by atoms with E-state index in [9.17, 15) is 0 Å². The molecule has 0 bridgehead atoms. The van der Waals surface area contributed by atoms with Gasteiger partial charge in [-0.1, -0.05) is 0 Å². The molecule has 1 aliphatic heterocycles. The second-order valence-corrected chi connectivity index (χ2v) is 5.05. The Bertz CT molecular complexity index is 631. The number of nitrogens with one attached hydrogen (secondary N) is 2. The number of hydrogen-bond acceptors (Lipinski definition) is 6. The third kappa shape index (κ3) is 3.34. The van der Waals surface area contributed by atoms with Crippen molar-refractivity contribution >= 4 is 17.5 Å². The van der Waals surface area contributed by atoms with Crippen molar-refractivity contribution in [2.45, 2.75) is 19.9 Å². The first-order valence-corrected chi connectivity index (χ1v) is 6.97. The first kappa shape index (κ1) is 13.5. The van der Waals surface area contributed by atoms with Crippen molar-refractivity contribution in [1.29, 1.82) is 0 Å². The highest BCUT2D eigenvalue weighted by Crippen LogP contribution is 2.33. The van der Waals surface area contributed by atoms with E-state index in [2.05, 4.69) is 34.4 Å². The average Bonchev–Trinajstić information content (AvgIpc) is 2.47. The van der Waals surface area contributed by atoms with Crippen molar-refractivity contribution in [2.75, 3.05) is 23.8 Å². The highest BCUT2D eigenvalue weighted by atomic mass is 16.6. The molecule has 0 spiro atoms. The molecular weight excluding hydrogens is 268 g/mol. The molecule has 0 atom stereocenters. The van der Waals surface area contributed by atoms with Crippen LogP contribution >= 0.6 is 0 Å². The third-order valence-corrected chi connectivity index (χ3v) is 2.89. The standard InChI is InChI=1S/C15H18N4O2/c1-10(2)17-14-5-6-16-15(19-14)18-11-3-4-12-13(9-11)21-8-7-20-12/h3-6,9-10H,7-8H2,1-2H3,(H2,16,17,18,19). The van der Waals surface area contributed by atoms with Crippen LogP contribution in [-0.4, -0.2) is 29.2 Å². The summed E-state index contributed by atoms with van der Waals surface area (Å²) >= 11 is 0. The topological polar surface area (TPSA) is 68.3 Å². The zero-order chi connectivity index (χ0) is 14.7. The average molecular weight is 286 g/mol. The first-order valence-electron chi connectivity index (χ1n) is 6.97. The molecule has 0 saturated heterocycles. The molecule has 0 fully saturated rings. The van der Waals surface area contributed by atoms with Crippen molar-refractivity contribution in [2.24, 2.45) is 0 Å². The van der Waals surface area contributed by atoms with Gasteiger partial charge in [0.25, 0.3) is 0 Å². The molecule has 3 rings (SSSR count). The second-order valence-electron chi connectivity index (χ2n) is 5.05. The minimum absolute atomic E-state index is 0.321. The van der Waals surface area contributed by atoms with Crippen LogP contribution in [0.4, 0.5) is 17.5 Å². The van der Waals surface area contributed by atoms with Crippen LogP contribution in [0.25, 0.3) is 0 Å². The van der Waals surface area contributed by atoms with Crippen LogP contribution in [0.2, 0.25) is 0 Å². The van der Waals surface area contributed by atoms with Gasteiger partial charge in [-0.05, 0) is 32.0 Å². The Hall–Kier alpha value is -2.50. The Morgan fingerprint density at radius 2 is 1.90 bits per heavy atom. The fourth-order valence-electron chi connectivity index (χ4n) is 2.05. The SMILES string of the molecule is CC(C)Nc1ccnc(Nc2ccc3c(c2)OCCO3)n1. The molecule has 1 aromatic heterocycles. The van der Waals surface area contributed by atoms with Crippen molar-refractivity contribution in [1.82, 2.24) is 9.97 Å². The molecule has 21 heavy (non-hydrogen) atoms. The van der Waals surface area contributed by atoms with Crippen LogP contribution in [0, 0.1) is 0 Å². The lowest BCUT2D eigenvalue weighted by molar-refractivity contribution is 0.171. The van der Waals surface area contributed by atoms with E-state index in [4.69, 9.17) is 9.47 Å². The summed E-state index contributed by atoms with van der Waals surface area (Å²) in [5, 5.41) is 6.41. The van der Waals surface area contributed by atoms with Gasteiger partial charge < -0.3 is 20.1 Å². The summed E-state index contributed by atoms with van der Waals surface area (Å²) in [6, 6.07) is 7.85. The molecule has 2 heterocycles. The van der Waals surface area contributed by atoms with E-state index in [1.807, 2.05) is 24.3 Å². The van der Waals surface area contributed by atoms with Gasteiger partial charge in [0, 0.05) is 24.0 Å². The highest BCUT2D eigenvalue weighted by molar-refractivity contribution is 5.60. The van der Waals surface area contributed by atoms with Gasteiger partial charge in [0.2, 0.25) is 5.95 Å². The van der Waals surface area contributed by atoms with Gasteiger partial charge in [-0.3, -0.25) is 0 Å². The molecule has 0 radical (unpaired) electrons. The smallest absolute Gasteiger partial charge is 0.229 e. The van der Waals surface area contributed by atoms with Crippen molar-refractivity contribution in [3.05, 3.63) is 30.5 Å². The predicted molar refractivity (Wildman–Crippen MR) is 81.5 cm³/mol. The van der Waals surface area contributed by atoms with Crippen LogP contribution in [0.3, 0.4) is 0 Å². The van der Waals surface area contributed by atoms with Crippen molar-refractivity contribution in [3.63, 3.8) is 0 Å². The van der Waals surface area contributed by atoms with E-state index in [0.29, 0.717) is 25.2 Å². The Morgan fingerprint density at radius 1 is 1.10 bits per heavy atom. The maximum atomic E-state index is 5.56. The summed E-state index contributed by atoms with van der Waals surface area (Å²) in [6.45, 7) is 5.29. The Labute approximate surface area is 123 Å². The molecule has 0 unspecified atom stereocenters. The molecule has 0 saturated carbocycles. The van der Waals surface area contributed by atoms with Crippen LogP contribution in [0.1, 0.15) is 13.8 Å². The Kier molecular flexibility index (Phi) is 3.77. The Morgan fingerprint density at radius 3 is 2.71 bits per heavy atom. The van der Waals surface area contributed by atoms with Gasteiger partial charge in [-0.2, -0.15) is 4.98 Å². The number of nitrogens with zero attached hydrogens (tertiary/aromatic N) is 2. The fraction of sp³-hybridized carbons (Fsp3) is 0.333. The normalized spacial score (nSPS) is 13.1. The van der Waals surface area contributed by atoms with Gasteiger partial charge in [0.15, 0.2) is 11.5 Å². The molecule has 1 aliphatic rings. The Balaban J connectivity index is 1.77. The van der Waals surface area contributed by atoms with Gasteiger partial charge in [-0.25, -0.2) is 4.98 Å². The summed E-state index contributed by atoms with van der Waals surface area (Å²) in [6.07, 6.45) is 1.72. The van der Waals surface area contributed by atoms with Crippen LogP contribution in [0.15, 0.2) is 30.5 Å². The quantitative estimate of drug-likeness (QED) is 0.900. The molecule has 6 heteroatoms. The van der Waals surface area contributed by atoms with Crippen LogP contribution in [-0.2, 0) is 0 Å². The lowest BCUT2D eigenvalue weighted by atomic mass is 10.2. The molecule has 110 valence electrons. The molecular formula is C15H18N4O2. The van der Waals surface area contributed by atoms with E-state index < -0.39 is 0 Å². The largest absolute Gasteiger partial charge is 0.486 e. The third-order valence-electron chi connectivity index (χ3n) is 2.89. The maximum Gasteiger partial charge on any atom is 0.229 e. The summed E-state index contributed by atoms with van der Waals surface area (Å²) in [7, 11) is 0. The van der Waals surface area contributed by atoms with Gasteiger partial charge in [-0.15, -0.1) is 0 Å². The van der Waals surface area contributed by atoms with Crippen molar-refractivity contribution < 1.29 is 9.47 Å². The minimum atomic E-state index is 0.321. The van der Waals surface area contributed by atoms with Crippen LogP contribution < -0.4 is 20.1 Å². The van der Waals surface area contributed by atoms with Gasteiger partial charge in [0.05, 0.1) is 0 Å². The second kappa shape index (κ2) is 5.87. The highest BCUT2D eigenvalue weighted by Gasteiger charge is 2.12. The van der Waals surface area contributed by atoms with Crippen LogP contribution in [0.5, 0.6) is 11.5 Å². The monoisotopic (exact) mass is 286 g/mol. The number of hydrogen-bond donors (Lipinski definition) is 2. The molecule has 2 aromatic rings. The number of fused-ring (bicyclic) bond motifs is 1. The molecule has 0 aliphatic carbocycles. The molecule has 6 nitrogen and oxygen atoms in total. The van der Waals surface area contributed by atoms with E-state index in [1.54, 1.807) is 6.20 Å². The first-order chi connectivity index (χ1) is 10.2. The molecule has 2 N–H and O–H groups in total. The predicted octanol–water partition coefficient (Wildman–Crippen LogP) is 2.81. The number of rotatable bonds is 4. The lowest BCUT2D eigenvalue weighted by Crippen LogP contribution is -2.15. The van der Waals surface area contributed by atoms with E-state index in [1.165, 1.54) is 0 Å². The minimum Gasteiger partial charge on any atom is -0.486 e. The van der Waals surface area contributed by atoms with E-state index in [-0.39, 0.29) is 0 Å². The number of aromatic nitrogens is 2.